The number of hydrogen-bond acceptors (Lipinski definition) is 6. The highest BCUT2D eigenvalue weighted by Gasteiger charge is 2.38. The maximum absolute atomic E-state index is 13.6. The molecule has 1 atom stereocenters. The fourth-order valence-corrected chi connectivity index (χ4v) is 3.59. The maximum atomic E-state index is 13.6. The van der Waals surface area contributed by atoms with Gasteiger partial charge in [0.05, 0.1) is 0 Å². The summed E-state index contributed by atoms with van der Waals surface area (Å²) in [4.78, 5) is 28.6. The topological polar surface area (TPSA) is 88.3 Å². The van der Waals surface area contributed by atoms with Crippen LogP contribution < -0.4 is 10.2 Å². The lowest BCUT2D eigenvalue weighted by Gasteiger charge is -2.33. The fraction of sp³-hybridized carbons (Fsp3) is 0.391. The summed E-state index contributed by atoms with van der Waals surface area (Å²) >= 11 is 1.09. The minimum Gasteiger partial charge on any atom is -0.464 e. The number of amides is 2. The molecule has 3 rings (SSSR count). The van der Waals surface area contributed by atoms with Crippen molar-refractivity contribution < 1.29 is 14.0 Å². The van der Waals surface area contributed by atoms with Crippen molar-refractivity contribution in [2.75, 3.05) is 4.90 Å². The van der Waals surface area contributed by atoms with Gasteiger partial charge < -0.3 is 9.73 Å². The van der Waals surface area contributed by atoms with Crippen LogP contribution in [0.1, 0.15) is 67.7 Å². The van der Waals surface area contributed by atoms with Gasteiger partial charge in [0.25, 0.3) is 11.8 Å². The molecule has 2 heterocycles. The highest BCUT2D eigenvalue weighted by Crippen LogP contribution is 2.32. The Bertz CT molecular complexity index is 1040. The quantitative estimate of drug-likeness (QED) is 0.549. The van der Waals surface area contributed by atoms with Gasteiger partial charge in [0.15, 0.2) is 11.7 Å². The highest BCUT2D eigenvalue weighted by atomic mass is 32.1. The number of anilines is 1. The monoisotopic (exact) mass is 440 g/mol. The molecular weight excluding hydrogens is 412 g/mol. The Kier molecular flexibility index (Phi) is 6.90. The summed E-state index contributed by atoms with van der Waals surface area (Å²) in [7, 11) is 0. The molecule has 0 saturated carbocycles. The first-order valence-electron chi connectivity index (χ1n) is 10.3. The zero-order valence-electron chi connectivity index (χ0n) is 18.5. The molecule has 0 fully saturated rings. The van der Waals surface area contributed by atoms with Crippen molar-refractivity contribution in [1.82, 2.24) is 14.9 Å². The van der Waals surface area contributed by atoms with Gasteiger partial charge in [-0.15, -0.1) is 5.10 Å². The van der Waals surface area contributed by atoms with Crippen LogP contribution in [0.4, 0.5) is 5.69 Å². The molecule has 2 aromatic heterocycles. The van der Waals surface area contributed by atoms with Crippen LogP contribution in [0.2, 0.25) is 0 Å². The number of aryl methyl sites for hydroxylation is 2. The average Bonchev–Trinajstić information content (AvgIpc) is 3.43. The number of nitrogens with zero attached hydrogens (tertiary/aromatic N) is 3. The van der Waals surface area contributed by atoms with Crippen LogP contribution in [0.3, 0.4) is 0 Å². The second-order valence-electron chi connectivity index (χ2n) is 8.07. The second kappa shape index (κ2) is 9.43. The molecule has 7 nitrogen and oxygen atoms in total. The zero-order chi connectivity index (χ0) is 22.6. The molecule has 0 bridgehead atoms. The minimum absolute atomic E-state index is 0.183. The van der Waals surface area contributed by atoms with Crippen LogP contribution in [0.5, 0.6) is 0 Å². The van der Waals surface area contributed by atoms with Crippen LogP contribution >= 0.6 is 11.5 Å². The minimum atomic E-state index is -0.999. The summed E-state index contributed by atoms with van der Waals surface area (Å²) in [6.07, 6.45) is 1.53. The van der Waals surface area contributed by atoms with E-state index in [-0.39, 0.29) is 11.6 Å². The van der Waals surface area contributed by atoms with Crippen LogP contribution in [0.25, 0.3) is 0 Å². The SMILES string of the molecule is CCc1cccc(N(C(=O)c2csnn2)[C@H](C(=O)NC(C)(C)CC)c2ccc(C)o2)c1. The number of aromatic nitrogens is 2. The summed E-state index contributed by atoms with van der Waals surface area (Å²) < 4.78 is 9.68. The van der Waals surface area contributed by atoms with Gasteiger partial charge in [-0.3, -0.25) is 14.5 Å². The third kappa shape index (κ3) is 5.19. The molecule has 1 aromatic carbocycles. The summed E-state index contributed by atoms with van der Waals surface area (Å²) in [5.74, 6) is 0.318. The Morgan fingerprint density at radius 2 is 2.00 bits per heavy atom. The molecule has 0 saturated heterocycles. The summed E-state index contributed by atoms with van der Waals surface area (Å²) in [5.41, 5.74) is 1.39. The standard InChI is InChI=1S/C23H28N4O3S/c1-6-16-9-8-10-17(13-16)27(22(29)18-14-31-26-25-18)20(19-12-11-15(3)30-19)21(28)24-23(4,5)7-2/h8-14,20H,6-7H2,1-5H3,(H,24,28)/t20-/m0/s1. The van der Waals surface area contributed by atoms with Crippen molar-refractivity contribution in [1.29, 1.82) is 0 Å². The maximum Gasteiger partial charge on any atom is 0.280 e. The van der Waals surface area contributed by atoms with Gasteiger partial charge in [-0.25, -0.2) is 0 Å². The average molecular weight is 441 g/mol. The largest absolute Gasteiger partial charge is 0.464 e. The number of hydrogen-bond donors (Lipinski definition) is 1. The Morgan fingerprint density at radius 3 is 2.58 bits per heavy atom. The number of carbonyl (C=O) groups excluding carboxylic acids is 2. The van der Waals surface area contributed by atoms with Crippen LogP contribution in [-0.4, -0.2) is 26.9 Å². The van der Waals surface area contributed by atoms with Crippen molar-refractivity contribution in [2.24, 2.45) is 0 Å². The van der Waals surface area contributed by atoms with Crippen LogP contribution in [-0.2, 0) is 11.2 Å². The predicted octanol–water partition coefficient (Wildman–Crippen LogP) is 4.69. The van der Waals surface area contributed by atoms with Crippen LogP contribution in [0, 0.1) is 6.92 Å². The molecule has 3 aromatic rings. The molecule has 0 spiro atoms. The Balaban J connectivity index is 2.16. The van der Waals surface area contributed by atoms with Crippen molar-refractivity contribution in [3.63, 3.8) is 0 Å². The highest BCUT2D eigenvalue weighted by molar-refractivity contribution is 7.03. The Morgan fingerprint density at radius 1 is 1.23 bits per heavy atom. The lowest BCUT2D eigenvalue weighted by molar-refractivity contribution is -0.124. The van der Waals surface area contributed by atoms with E-state index in [1.165, 1.54) is 4.90 Å². The van der Waals surface area contributed by atoms with E-state index in [0.29, 0.717) is 17.2 Å². The molecule has 0 aliphatic heterocycles. The van der Waals surface area contributed by atoms with Gasteiger partial charge in [-0.05, 0) is 75.0 Å². The van der Waals surface area contributed by atoms with E-state index in [1.807, 2.05) is 58.9 Å². The van der Waals surface area contributed by atoms with Gasteiger partial charge in [0.2, 0.25) is 0 Å². The third-order valence-electron chi connectivity index (χ3n) is 5.28. The van der Waals surface area contributed by atoms with E-state index in [4.69, 9.17) is 4.42 Å². The van der Waals surface area contributed by atoms with Crippen molar-refractivity contribution >= 4 is 29.0 Å². The number of rotatable bonds is 8. The molecule has 2 amide bonds. The van der Waals surface area contributed by atoms with E-state index in [9.17, 15) is 9.59 Å². The number of nitrogens with one attached hydrogen (secondary N) is 1. The number of furan rings is 1. The van der Waals surface area contributed by atoms with E-state index >= 15 is 0 Å². The Hall–Kier alpha value is -3.00. The molecule has 164 valence electrons. The number of benzene rings is 1. The summed E-state index contributed by atoms with van der Waals surface area (Å²) in [6, 6.07) is 10.1. The van der Waals surface area contributed by atoms with Gasteiger partial charge in [0, 0.05) is 16.6 Å². The lowest BCUT2D eigenvalue weighted by Crippen LogP contribution is -2.50. The summed E-state index contributed by atoms with van der Waals surface area (Å²) in [6.45, 7) is 9.75. The molecule has 8 heteroatoms. The summed E-state index contributed by atoms with van der Waals surface area (Å²) in [5, 5.41) is 8.60. The van der Waals surface area contributed by atoms with Crippen molar-refractivity contribution in [3.8, 4) is 0 Å². The predicted molar refractivity (Wildman–Crippen MR) is 121 cm³/mol. The van der Waals surface area contributed by atoms with Crippen molar-refractivity contribution in [3.05, 3.63) is 64.6 Å². The lowest BCUT2D eigenvalue weighted by atomic mass is 10.00. The molecule has 0 radical (unpaired) electrons. The van der Waals surface area contributed by atoms with Crippen LogP contribution in [0.15, 0.2) is 46.2 Å². The molecular formula is C23H28N4O3S. The van der Waals surface area contributed by atoms with E-state index in [2.05, 4.69) is 14.9 Å². The van der Waals surface area contributed by atoms with Crippen molar-refractivity contribution in [2.45, 2.75) is 59.0 Å². The molecule has 0 unspecified atom stereocenters. The van der Waals surface area contributed by atoms with Gasteiger partial charge in [0.1, 0.15) is 11.5 Å². The third-order valence-corrected chi connectivity index (χ3v) is 5.78. The molecule has 0 aliphatic rings. The second-order valence-corrected chi connectivity index (χ2v) is 8.68. The van der Waals surface area contributed by atoms with Gasteiger partial charge in [-0.1, -0.05) is 30.5 Å². The molecule has 0 aliphatic carbocycles. The van der Waals surface area contributed by atoms with Gasteiger partial charge >= 0.3 is 0 Å². The normalized spacial score (nSPS) is 12.4. The first-order valence-corrected chi connectivity index (χ1v) is 11.2. The Labute approximate surface area is 186 Å². The zero-order valence-corrected chi connectivity index (χ0v) is 19.3. The first kappa shape index (κ1) is 22.7. The molecule has 1 N–H and O–H groups in total. The molecule has 31 heavy (non-hydrogen) atoms. The fourth-order valence-electron chi connectivity index (χ4n) is 3.16. The van der Waals surface area contributed by atoms with E-state index < -0.39 is 17.5 Å². The van der Waals surface area contributed by atoms with E-state index in [0.717, 1.165) is 29.9 Å². The van der Waals surface area contributed by atoms with Gasteiger partial charge in [-0.2, -0.15) is 0 Å². The first-order chi connectivity index (χ1) is 14.8. The number of carbonyl (C=O) groups is 2. The smallest absolute Gasteiger partial charge is 0.280 e. The van der Waals surface area contributed by atoms with E-state index in [1.54, 1.807) is 17.5 Å².